The number of carbonyl (C=O) groups excluding carboxylic acids is 1. The van der Waals surface area contributed by atoms with Gasteiger partial charge in [0.2, 0.25) is 0 Å². The summed E-state index contributed by atoms with van der Waals surface area (Å²) in [4.78, 5) is 16.4. The molecule has 1 aromatic heterocycles. The Kier molecular flexibility index (Phi) is 6.11. The van der Waals surface area contributed by atoms with Gasteiger partial charge in [0, 0.05) is 5.69 Å². The molecule has 1 amide bonds. The van der Waals surface area contributed by atoms with Crippen molar-refractivity contribution in [1.29, 1.82) is 0 Å². The molecule has 2 aromatic carbocycles. The van der Waals surface area contributed by atoms with Crippen molar-refractivity contribution in [3.63, 3.8) is 0 Å². The van der Waals surface area contributed by atoms with Gasteiger partial charge in [0.15, 0.2) is 18.1 Å². The zero-order valence-electron chi connectivity index (χ0n) is 16.2. The van der Waals surface area contributed by atoms with E-state index in [0.717, 1.165) is 5.69 Å². The van der Waals surface area contributed by atoms with Crippen LogP contribution in [0.5, 0.6) is 11.5 Å². The van der Waals surface area contributed by atoms with Crippen LogP contribution in [0.3, 0.4) is 0 Å². The lowest BCUT2D eigenvalue weighted by atomic mass is 10.1. The Balaban J connectivity index is 1.54. The van der Waals surface area contributed by atoms with E-state index in [-0.39, 0.29) is 12.5 Å². The summed E-state index contributed by atoms with van der Waals surface area (Å²) in [7, 11) is 1.56. The zero-order chi connectivity index (χ0) is 19.9. The Bertz CT molecular complexity index is 955. The number of carbonyl (C=O) groups is 1. The van der Waals surface area contributed by atoms with Gasteiger partial charge in [-0.15, -0.1) is 0 Å². The first kappa shape index (κ1) is 19.2. The number of methoxy groups -OCH3 is 1. The van der Waals surface area contributed by atoms with Gasteiger partial charge in [0.1, 0.15) is 5.82 Å². The van der Waals surface area contributed by atoms with Gasteiger partial charge in [-0.1, -0.05) is 18.2 Å². The molecular weight excluding hydrogens is 354 g/mol. The van der Waals surface area contributed by atoms with E-state index in [1.54, 1.807) is 31.5 Å². The van der Waals surface area contributed by atoms with Crippen LogP contribution in [0, 0.1) is 13.8 Å². The molecular formula is C22H23N3O3. The van der Waals surface area contributed by atoms with Crippen LogP contribution in [0.15, 0.2) is 60.8 Å². The maximum absolute atomic E-state index is 12.1. The lowest BCUT2D eigenvalue weighted by Crippen LogP contribution is -2.20. The van der Waals surface area contributed by atoms with Gasteiger partial charge in [-0.05, 0) is 61.4 Å². The summed E-state index contributed by atoms with van der Waals surface area (Å²) in [5, 5.41) is 6.01. The van der Waals surface area contributed by atoms with Crippen LogP contribution < -0.4 is 20.1 Å². The molecule has 0 aliphatic carbocycles. The second-order valence-electron chi connectivity index (χ2n) is 6.34. The van der Waals surface area contributed by atoms with Crippen molar-refractivity contribution in [2.45, 2.75) is 13.8 Å². The molecule has 0 radical (unpaired) electrons. The topological polar surface area (TPSA) is 72.5 Å². The number of aryl methyl sites for hydroxylation is 2. The van der Waals surface area contributed by atoms with E-state index in [1.807, 2.05) is 24.3 Å². The number of hydrogen-bond acceptors (Lipinski definition) is 5. The Morgan fingerprint density at radius 3 is 2.39 bits per heavy atom. The van der Waals surface area contributed by atoms with Gasteiger partial charge in [-0.3, -0.25) is 4.79 Å². The van der Waals surface area contributed by atoms with Gasteiger partial charge in [-0.2, -0.15) is 0 Å². The Hall–Kier alpha value is -3.54. The Labute approximate surface area is 164 Å². The second-order valence-corrected chi connectivity index (χ2v) is 6.34. The summed E-state index contributed by atoms with van der Waals surface area (Å²) in [5.74, 6) is 1.53. The molecule has 0 fully saturated rings. The lowest BCUT2D eigenvalue weighted by Gasteiger charge is -2.11. The average molecular weight is 377 g/mol. The highest BCUT2D eigenvalue weighted by molar-refractivity contribution is 5.91. The number of amides is 1. The molecule has 0 saturated carbocycles. The molecule has 1 heterocycles. The van der Waals surface area contributed by atoms with Crippen molar-refractivity contribution < 1.29 is 14.3 Å². The summed E-state index contributed by atoms with van der Waals surface area (Å²) >= 11 is 0. The van der Waals surface area contributed by atoms with Gasteiger partial charge in [0.25, 0.3) is 5.91 Å². The molecule has 3 rings (SSSR count). The zero-order valence-corrected chi connectivity index (χ0v) is 16.2. The van der Waals surface area contributed by atoms with Crippen molar-refractivity contribution in [3.05, 3.63) is 71.9 Å². The van der Waals surface area contributed by atoms with E-state index >= 15 is 0 Å². The highest BCUT2D eigenvalue weighted by atomic mass is 16.5. The molecule has 0 aliphatic rings. The first-order chi connectivity index (χ1) is 13.5. The normalized spacial score (nSPS) is 10.2. The predicted molar refractivity (Wildman–Crippen MR) is 111 cm³/mol. The molecule has 0 saturated heterocycles. The van der Waals surface area contributed by atoms with E-state index in [4.69, 9.17) is 9.47 Å². The van der Waals surface area contributed by atoms with Crippen LogP contribution in [0.2, 0.25) is 0 Å². The summed E-state index contributed by atoms with van der Waals surface area (Å²) in [6, 6.07) is 16.9. The fourth-order valence-corrected chi connectivity index (χ4v) is 2.59. The molecule has 0 bridgehead atoms. The number of nitrogens with one attached hydrogen (secondary N) is 2. The number of rotatable bonds is 7. The third kappa shape index (κ3) is 5.01. The summed E-state index contributed by atoms with van der Waals surface area (Å²) < 4.78 is 10.7. The Morgan fingerprint density at radius 2 is 1.71 bits per heavy atom. The minimum absolute atomic E-state index is 0.122. The number of pyridine rings is 1. The van der Waals surface area contributed by atoms with E-state index in [1.165, 1.54) is 11.1 Å². The quantitative estimate of drug-likeness (QED) is 0.636. The third-order valence-corrected chi connectivity index (χ3v) is 4.25. The van der Waals surface area contributed by atoms with Crippen molar-refractivity contribution >= 4 is 23.1 Å². The van der Waals surface area contributed by atoms with Crippen LogP contribution in [0.4, 0.5) is 17.2 Å². The van der Waals surface area contributed by atoms with Crippen molar-refractivity contribution in [1.82, 2.24) is 4.98 Å². The SMILES string of the molecule is COc1ccccc1OCC(=O)Nc1ccc(Nc2ccc(C)c(C)c2)nc1. The molecule has 6 nitrogen and oxygen atoms in total. The average Bonchev–Trinajstić information content (AvgIpc) is 2.71. The predicted octanol–water partition coefficient (Wildman–Crippen LogP) is 4.47. The number of ether oxygens (including phenoxy) is 2. The van der Waals surface area contributed by atoms with Crippen LogP contribution in [-0.2, 0) is 4.79 Å². The fraction of sp³-hybridized carbons (Fsp3) is 0.182. The molecule has 6 heteroatoms. The molecule has 0 unspecified atom stereocenters. The Morgan fingerprint density at radius 1 is 0.964 bits per heavy atom. The summed E-state index contributed by atoms with van der Waals surface area (Å²) in [6.45, 7) is 4.02. The van der Waals surface area contributed by atoms with Gasteiger partial charge in [-0.25, -0.2) is 4.98 Å². The van der Waals surface area contributed by atoms with Gasteiger partial charge in [0.05, 0.1) is 19.0 Å². The van der Waals surface area contributed by atoms with E-state index in [9.17, 15) is 4.79 Å². The third-order valence-electron chi connectivity index (χ3n) is 4.25. The number of anilines is 3. The summed E-state index contributed by atoms with van der Waals surface area (Å²) in [6.07, 6.45) is 1.60. The molecule has 144 valence electrons. The molecule has 3 aromatic rings. The fourth-order valence-electron chi connectivity index (χ4n) is 2.59. The first-order valence-corrected chi connectivity index (χ1v) is 8.91. The number of nitrogens with zero attached hydrogens (tertiary/aromatic N) is 1. The second kappa shape index (κ2) is 8.90. The lowest BCUT2D eigenvalue weighted by molar-refractivity contribution is -0.118. The number of para-hydroxylation sites is 2. The maximum atomic E-state index is 12.1. The van der Waals surface area contributed by atoms with Gasteiger partial charge < -0.3 is 20.1 Å². The molecule has 28 heavy (non-hydrogen) atoms. The molecule has 0 spiro atoms. The monoisotopic (exact) mass is 377 g/mol. The maximum Gasteiger partial charge on any atom is 0.262 e. The van der Waals surface area contributed by atoms with E-state index in [2.05, 4.69) is 41.6 Å². The van der Waals surface area contributed by atoms with Crippen LogP contribution in [-0.4, -0.2) is 24.6 Å². The van der Waals surface area contributed by atoms with Crippen molar-refractivity contribution in [3.8, 4) is 11.5 Å². The van der Waals surface area contributed by atoms with Crippen LogP contribution >= 0.6 is 0 Å². The van der Waals surface area contributed by atoms with Crippen molar-refractivity contribution in [2.75, 3.05) is 24.4 Å². The van der Waals surface area contributed by atoms with Crippen LogP contribution in [0.25, 0.3) is 0 Å². The molecule has 0 aliphatic heterocycles. The number of aromatic nitrogens is 1. The largest absolute Gasteiger partial charge is 0.493 e. The van der Waals surface area contributed by atoms with E-state index in [0.29, 0.717) is 23.0 Å². The highest BCUT2D eigenvalue weighted by Crippen LogP contribution is 2.25. The molecule has 2 N–H and O–H groups in total. The molecule has 0 atom stereocenters. The minimum Gasteiger partial charge on any atom is -0.493 e. The minimum atomic E-state index is -0.275. The smallest absolute Gasteiger partial charge is 0.262 e. The number of hydrogen-bond donors (Lipinski definition) is 2. The standard InChI is InChI=1S/C22H23N3O3/c1-15-8-9-17(12-16(15)2)24-21-11-10-18(13-23-21)25-22(26)14-28-20-7-5-4-6-19(20)27-3/h4-13H,14H2,1-3H3,(H,23,24)(H,25,26). The van der Waals surface area contributed by atoms with E-state index < -0.39 is 0 Å². The summed E-state index contributed by atoms with van der Waals surface area (Å²) in [5.41, 5.74) is 4.02. The van der Waals surface area contributed by atoms with Crippen molar-refractivity contribution in [2.24, 2.45) is 0 Å². The van der Waals surface area contributed by atoms with Gasteiger partial charge >= 0.3 is 0 Å². The first-order valence-electron chi connectivity index (χ1n) is 8.91. The highest BCUT2D eigenvalue weighted by Gasteiger charge is 2.08. The van der Waals surface area contributed by atoms with Crippen LogP contribution in [0.1, 0.15) is 11.1 Å². The number of benzene rings is 2.